The smallest absolute Gasteiger partial charge is 0.0150 e. The molecule has 2 aliphatic carbocycles. The van der Waals surface area contributed by atoms with Crippen molar-refractivity contribution in [1.82, 2.24) is 0 Å². The Balaban J connectivity index is 1.78. The standard InChI is InChI=1S/C33H32/c1-21-17-18-23-20-19-22-11-5-6-12-24(22)30(23)29(21)31-25-13-7-9-15-27(25)32(33(2,3)4)28-16-10-8-14-26(28)31/h5-16,19-21,32H,17-18H2,1-4H3/t21-,32?/m0/s1. The van der Waals surface area contributed by atoms with Gasteiger partial charge in [-0.3, -0.25) is 0 Å². The maximum atomic E-state index is 2.44. The van der Waals surface area contributed by atoms with E-state index in [0.717, 1.165) is 6.42 Å². The van der Waals surface area contributed by atoms with E-state index in [1.807, 2.05) is 0 Å². The molecule has 4 aromatic carbocycles. The summed E-state index contributed by atoms with van der Waals surface area (Å²) in [5.74, 6) is 0.908. The van der Waals surface area contributed by atoms with Gasteiger partial charge in [0.1, 0.15) is 0 Å². The van der Waals surface area contributed by atoms with Crippen LogP contribution in [0.3, 0.4) is 0 Å². The lowest BCUT2D eigenvalue weighted by atomic mass is 9.63. The molecule has 0 heterocycles. The Labute approximate surface area is 198 Å². The average molecular weight is 429 g/mol. The first kappa shape index (κ1) is 20.5. The molecule has 0 saturated heterocycles. The first-order valence-corrected chi connectivity index (χ1v) is 12.4. The molecule has 0 aromatic heterocycles. The molecule has 0 saturated carbocycles. The summed E-state index contributed by atoms with van der Waals surface area (Å²) < 4.78 is 0. The minimum Gasteiger partial charge on any atom is -0.0619 e. The summed E-state index contributed by atoms with van der Waals surface area (Å²) in [7, 11) is 0. The van der Waals surface area contributed by atoms with Crippen molar-refractivity contribution < 1.29 is 0 Å². The van der Waals surface area contributed by atoms with Gasteiger partial charge in [0.15, 0.2) is 0 Å². The van der Waals surface area contributed by atoms with E-state index in [-0.39, 0.29) is 5.41 Å². The van der Waals surface area contributed by atoms with Gasteiger partial charge in [-0.25, -0.2) is 0 Å². The monoisotopic (exact) mass is 428 g/mol. The maximum absolute atomic E-state index is 2.44. The summed E-state index contributed by atoms with van der Waals surface area (Å²) >= 11 is 0. The molecule has 0 aliphatic heterocycles. The van der Waals surface area contributed by atoms with Crippen LogP contribution in [0.15, 0.2) is 84.9 Å². The molecule has 0 nitrogen and oxygen atoms in total. The average Bonchev–Trinajstić information content (AvgIpc) is 2.82. The van der Waals surface area contributed by atoms with Crippen LogP contribution in [0.4, 0.5) is 0 Å². The highest BCUT2D eigenvalue weighted by Crippen LogP contribution is 2.54. The molecule has 33 heavy (non-hydrogen) atoms. The molecule has 0 amide bonds. The lowest BCUT2D eigenvalue weighted by Crippen LogP contribution is -2.26. The maximum Gasteiger partial charge on any atom is 0.0150 e. The van der Waals surface area contributed by atoms with Gasteiger partial charge in [-0.15, -0.1) is 0 Å². The lowest BCUT2D eigenvalue weighted by Gasteiger charge is -2.40. The minimum atomic E-state index is 0.144. The Bertz CT molecular complexity index is 1360. The number of hydrogen-bond donors (Lipinski definition) is 0. The molecular weight excluding hydrogens is 396 g/mol. The Morgan fingerprint density at radius 1 is 0.697 bits per heavy atom. The van der Waals surface area contributed by atoms with E-state index >= 15 is 0 Å². The van der Waals surface area contributed by atoms with Crippen molar-refractivity contribution in [2.24, 2.45) is 11.3 Å². The Hall–Kier alpha value is -3.12. The second-order valence-electron chi connectivity index (χ2n) is 11.0. The molecule has 164 valence electrons. The summed E-state index contributed by atoms with van der Waals surface area (Å²) in [6.45, 7) is 9.59. The molecule has 0 unspecified atom stereocenters. The van der Waals surface area contributed by atoms with Crippen LogP contribution in [-0.2, 0) is 6.42 Å². The molecule has 6 rings (SSSR count). The van der Waals surface area contributed by atoms with E-state index < -0.39 is 0 Å². The normalized spacial score (nSPS) is 19.8. The summed E-state index contributed by atoms with van der Waals surface area (Å²) in [6.07, 6.45) is 2.36. The summed E-state index contributed by atoms with van der Waals surface area (Å²) in [5.41, 5.74) is 12.0. The van der Waals surface area contributed by atoms with Crippen molar-refractivity contribution in [3.63, 3.8) is 0 Å². The highest BCUT2D eigenvalue weighted by Gasteiger charge is 2.38. The van der Waals surface area contributed by atoms with Crippen molar-refractivity contribution >= 4 is 21.9 Å². The topological polar surface area (TPSA) is 0 Å². The van der Waals surface area contributed by atoms with Crippen molar-refractivity contribution in [3.05, 3.63) is 118 Å². The molecule has 0 radical (unpaired) electrons. The number of allylic oxidation sites excluding steroid dienone is 1. The Morgan fingerprint density at radius 3 is 1.97 bits per heavy atom. The molecule has 0 heteroatoms. The van der Waals surface area contributed by atoms with E-state index in [0.29, 0.717) is 11.8 Å². The van der Waals surface area contributed by atoms with Crippen LogP contribution >= 0.6 is 0 Å². The highest BCUT2D eigenvalue weighted by atomic mass is 14.4. The van der Waals surface area contributed by atoms with Gasteiger partial charge in [0, 0.05) is 5.92 Å². The third kappa shape index (κ3) is 3.11. The van der Waals surface area contributed by atoms with E-state index in [1.54, 1.807) is 5.57 Å². The van der Waals surface area contributed by atoms with Crippen LogP contribution in [0.1, 0.15) is 73.4 Å². The van der Waals surface area contributed by atoms with Crippen molar-refractivity contribution in [3.8, 4) is 0 Å². The molecule has 0 fully saturated rings. The van der Waals surface area contributed by atoms with E-state index in [4.69, 9.17) is 0 Å². The number of aryl methyl sites for hydroxylation is 1. The first-order valence-electron chi connectivity index (χ1n) is 12.4. The van der Waals surface area contributed by atoms with E-state index in [9.17, 15) is 0 Å². The fraction of sp³-hybridized carbons (Fsp3) is 0.273. The molecule has 0 bridgehead atoms. The van der Waals surface area contributed by atoms with Gasteiger partial charge in [0.2, 0.25) is 0 Å². The van der Waals surface area contributed by atoms with Gasteiger partial charge in [-0.2, -0.15) is 0 Å². The lowest BCUT2D eigenvalue weighted by molar-refractivity contribution is 0.356. The van der Waals surface area contributed by atoms with Gasteiger partial charge in [0.05, 0.1) is 0 Å². The third-order valence-corrected chi connectivity index (χ3v) is 7.84. The zero-order valence-corrected chi connectivity index (χ0v) is 20.2. The number of rotatable bonds is 0. The SMILES string of the molecule is C[C@H]1CCc2ccc3ccccc3c2C1=C1c2ccccc2C(C(C)(C)C)c2ccccc21. The van der Waals surface area contributed by atoms with Crippen molar-refractivity contribution in [1.29, 1.82) is 0 Å². The molecule has 0 spiro atoms. The quantitative estimate of drug-likeness (QED) is 0.262. The van der Waals surface area contributed by atoms with Gasteiger partial charge in [0.25, 0.3) is 0 Å². The van der Waals surface area contributed by atoms with Crippen molar-refractivity contribution in [2.75, 3.05) is 0 Å². The zero-order chi connectivity index (χ0) is 22.7. The van der Waals surface area contributed by atoms with E-state index in [2.05, 4.69) is 113 Å². The van der Waals surface area contributed by atoms with Gasteiger partial charge >= 0.3 is 0 Å². The van der Waals surface area contributed by atoms with Gasteiger partial charge in [-0.1, -0.05) is 113 Å². The third-order valence-electron chi connectivity index (χ3n) is 7.84. The van der Waals surface area contributed by atoms with Crippen LogP contribution in [0.25, 0.3) is 21.9 Å². The predicted molar refractivity (Wildman–Crippen MR) is 142 cm³/mol. The Kier molecular flexibility index (Phi) is 4.63. The number of fused-ring (bicyclic) bond motifs is 5. The van der Waals surface area contributed by atoms with E-state index in [1.165, 1.54) is 56.1 Å². The molecule has 1 atom stereocenters. The van der Waals surface area contributed by atoms with Crippen LogP contribution in [0.2, 0.25) is 0 Å². The second kappa shape index (κ2) is 7.45. The van der Waals surface area contributed by atoms with Crippen LogP contribution in [0.5, 0.6) is 0 Å². The second-order valence-corrected chi connectivity index (χ2v) is 11.0. The number of benzene rings is 4. The molecule has 4 aromatic rings. The van der Waals surface area contributed by atoms with Crippen LogP contribution in [-0.4, -0.2) is 0 Å². The zero-order valence-electron chi connectivity index (χ0n) is 20.2. The fourth-order valence-corrected chi connectivity index (χ4v) is 6.47. The number of hydrogen-bond acceptors (Lipinski definition) is 0. The highest BCUT2D eigenvalue weighted by molar-refractivity contribution is 6.08. The Morgan fingerprint density at radius 2 is 1.30 bits per heavy atom. The first-order chi connectivity index (χ1) is 15.9. The molecule has 0 N–H and O–H groups in total. The predicted octanol–water partition coefficient (Wildman–Crippen LogP) is 8.87. The van der Waals surface area contributed by atoms with Crippen LogP contribution < -0.4 is 0 Å². The van der Waals surface area contributed by atoms with Gasteiger partial charge < -0.3 is 0 Å². The van der Waals surface area contributed by atoms with Crippen LogP contribution in [0, 0.1) is 11.3 Å². The summed E-state index contributed by atoms with van der Waals surface area (Å²) in [4.78, 5) is 0. The summed E-state index contributed by atoms with van der Waals surface area (Å²) in [5, 5.41) is 2.74. The van der Waals surface area contributed by atoms with Crippen molar-refractivity contribution in [2.45, 2.75) is 46.5 Å². The largest absolute Gasteiger partial charge is 0.0619 e. The van der Waals surface area contributed by atoms with Gasteiger partial charge in [-0.05, 0) is 79.5 Å². The minimum absolute atomic E-state index is 0.144. The summed E-state index contributed by atoms with van der Waals surface area (Å²) in [6, 6.07) is 32.0. The molecule has 2 aliphatic rings. The molecular formula is C33H32. The fourth-order valence-electron chi connectivity index (χ4n) is 6.47.